The Morgan fingerprint density at radius 2 is 2.08 bits per heavy atom. The molecule has 2 N–H and O–H groups in total. The number of carbonyl (C=O) groups is 1. The second-order valence-corrected chi connectivity index (χ2v) is 6.83. The number of aliphatic hydroxyl groups is 1. The molecule has 1 amide bonds. The van der Waals surface area contributed by atoms with E-state index in [1.165, 1.54) is 0 Å². The molecule has 1 atom stereocenters. The van der Waals surface area contributed by atoms with Crippen molar-refractivity contribution in [2.45, 2.75) is 47.6 Å². The molecule has 1 aromatic rings. The van der Waals surface area contributed by atoms with Gasteiger partial charge >= 0.3 is 0 Å². The van der Waals surface area contributed by atoms with Gasteiger partial charge in [-0.25, -0.2) is 0 Å². The molecular weight excluding hydrogens is 302 g/mol. The first kappa shape index (κ1) is 20.0. The summed E-state index contributed by atoms with van der Waals surface area (Å²) >= 11 is 0. The van der Waals surface area contributed by atoms with Crippen molar-refractivity contribution in [2.75, 3.05) is 13.2 Å². The van der Waals surface area contributed by atoms with E-state index in [1.54, 1.807) is 6.08 Å². The summed E-state index contributed by atoms with van der Waals surface area (Å²) in [6.45, 7) is 11.6. The van der Waals surface area contributed by atoms with Gasteiger partial charge in [0.25, 0.3) is 5.91 Å². The first-order valence-corrected chi connectivity index (χ1v) is 8.47. The van der Waals surface area contributed by atoms with Gasteiger partial charge in [-0.3, -0.25) is 4.79 Å². The van der Waals surface area contributed by atoms with Gasteiger partial charge in [-0.2, -0.15) is 5.26 Å². The van der Waals surface area contributed by atoms with Gasteiger partial charge in [0, 0.05) is 31.1 Å². The van der Waals surface area contributed by atoms with Crippen LogP contribution in [-0.2, 0) is 11.3 Å². The molecule has 0 aliphatic heterocycles. The fourth-order valence-corrected chi connectivity index (χ4v) is 2.44. The van der Waals surface area contributed by atoms with Gasteiger partial charge in [0.1, 0.15) is 11.6 Å². The number of hydrogen-bond acceptors (Lipinski definition) is 3. The first-order valence-electron chi connectivity index (χ1n) is 8.47. The monoisotopic (exact) mass is 331 g/mol. The van der Waals surface area contributed by atoms with Gasteiger partial charge in [0.2, 0.25) is 0 Å². The van der Waals surface area contributed by atoms with E-state index in [-0.39, 0.29) is 18.1 Å². The highest BCUT2D eigenvalue weighted by Crippen LogP contribution is 2.19. The lowest BCUT2D eigenvalue weighted by molar-refractivity contribution is -0.117. The summed E-state index contributed by atoms with van der Waals surface area (Å²) in [7, 11) is 0. The highest BCUT2D eigenvalue weighted by Gasteiger charge is 2.13. The van der Waals surface area contributed by atoms with Crippen LogP contribution in [0.2, 0.25) is 0 Å². The second kappa shape index (κ2) is 9.29. The van der Waals surface area contributed by atoms with Crippen molar-refractivity contribution in [3.8, 4) is 6.07 Å². The Morgan fingerprint density at radius 1 is 1.42 bits per heavy atom. The van der Waals surface area contributed by atoms with Gasteiger partial charge in [-0.1, -0.05) is 20.8 Å². The summed E-state index contributed by atoms with van der Waals surface area (Å²) < 4.78 is 2.23. The zero-order valence-electron chi connectivity index (χ0n) is 15.4. The Kier molecular flexibility index (Phi) is 7.73. The second-order valence-electron chi connectivity index (χ2n) is 6.83. The van der Waals surface area contributed by atoms with Crippen LogP contribution in [0.15, 0.2) is 11.6 Å². The molecule has 0 aromatic carbocycles. The SMILES string of the molecule is Cc1cc(/C=C(/C#N)C(=O)NCC(C)CO)c(C)n1CCC(C)C. The van der Waals surface area contributed by atoms with Crippen molar-refractivity contribution in [3.63, 3.8) is 0 Å². The molecule has 1 unspecified atom stereocenters. The molecule has 5 nitrogen and oxygen atoms in total. The molecule has 0 saturated carbocycles. The number of amides is 1. The van der Waals surface area contributed by atoms with Crippen LogP contribution in [0, 0.1) is 37.0 Å². The minimum atomic E-state index is -0.398. The fraction of sp³-hybridized carbons (Fsp3) is 0.579. The molecule has 0 saturated heterocycles. The number of rotatable bonds is 8. The van der Waals surface area contributed by atoms with Crippen LogP contribution in [-0.4, -0.2) is 28.7 Å². The maximum atomic E-state index is 12.1. The van der Waals surface area contributed by atoms with Crippen LogP contribution < -0.4 is 5.32 Å². The number of hydrogen-bond donors (Lipinski definition) is 2. The molecular formula is C19H29N3O2. The average molecular weight is 331 g/mol. The zero-order chi connectivity index (χ0) is 18.3. The smallest absolute Gasteiger partial charge is 0.261 e. The van der Waals surface area contributed by atoms with E-state index in [4.69, 9.17) is 5.11 Å². The Labute approximate surface area is 145 Å². The molecule has 0 aliphatic rings. The quantitative estimate of drug-likeness (QED) is 0.568. The average Bonchev–Trinajstić information content (AvgIpc) is 2.81. The Morgan fingerprint density at radius 3 is 2.62 bits per heavy atom. The maximum Gasteiger partial charge on any atom is 0.261 e. The molecule has 0 bridgehead atoms. The standard InChI is InChI=1S/C19H29N3O2/c1-13(2)6-7-22-15(4)8-17(16(22)5)9-18(10-20)19(24)21-11-14(3)12-23/h8-9,13-14,23H,6-7,11-12H2,1-5H3,(H,21,24)/b18-9-. The number of aryl methyl sites for hydroxylation is 1. The molecule has 1 heterocycles. The normalized spacial score (nSPS) is 13.0. The van der Waals surface area contributed by atoms with E-state index in [0.29, 0.717) is 12.5 Å². The van der Waals surface area contributed by atoms with Crippen molar-refractivity contribution >= 4 is 12.0 Å². The van der Waals surface area contributed by atoms with Crippen LogP contribution >= 0.6 is 0 Å². The summed E-state index contributed by atoms with van der Waals surface area (Å²) in [4.78, 5) is 12.1. The van der Waals surface area contributed by atoms with Crippen LogP contribution in [0.1, 0.15) is 44.1 Å². The summed E-state index contributed by atoms with van der Waals surface area (Å²) in [5, 5.41) is 21.0. The summed E-state index contributed by atoms with van der Waals surface area (Å²) in [6, 6.07) is 3.99. The van der Waals surface area contributed by atoms with Crippen LogP contribution in [0.5, 0.6) is 0 Å². The van der Waals surface area contributed by atoms with Gasteiger partial charge in [-0.15, -0.1) is 0 Å². The Balaban J connectivity index is 2.95. The highest BCUT2D eigenvalue weighted by molar-refractivity contribution is 6.01. The van der Waals surface area contributed by atoms with Gasteiger partial charge < -0.3 is 15.0 Å². The predicted molar refractivity (Wildman–Crippen MR) is 96.2 cm³/mol. The van der Waals surface area contributed by atoms with Crippen molar-refractivity contribution in [2.24, 2.45) is 11.8 Å². The number of nitrogens with one attached hydrogen (secondary N) is 1. The Bertz CT molecular complexity index is 636. The molecule has 0 aliphatic carbocycles. The van der Waals surface area contributed by atoms with E-state index in [1.807, 2.05) is 32.9 Å². The first-order chi connectivity index (χ1) is 11.3. The van der Waals surface area contributed by atoms with Crippen LogP contribution in [0.3, 0.4) is 0 Å². The lowest BCUT2D eigenvalue weighted by Crippen LogP contribution is -2.30. The van der Waals surface area contributed by atoms with Crippen LogP contribution in [0.25, 0.3) is 6.08 Å². The number of aromatic nitrogens is 1. The molecule has 0 radical (unpaired) electrons. The van der Waals surface area contributed by atoms with E-state index in [2.05, 4.69) is 23.7 Å². The van der Waals surface area contributed by atoms with E-state index in [0.717, 1.165) is 29.9 Å². The minimum absolute atomic E-state index is 0.00286. The number of aliphatic hydroxyl groups excluding tert-OH is 1. The minimum Gasteiger partial charge on any atom is -0.396 e. The third-order valence-corrected chi connectivity index (χ3v) is 4.13. The molecule has 0 fully saturated rings. The van der Waals surface area contributed by atoms with Crippen molar-refractivity contribution in [1.29, 1.82) is 5.26 Å². The highest BCUT2D eigenvalue weighted by atomic mass is 16.3. The van der Waals surface area contributed by atoms with E-state index >= 15 is 0 Å². The third kappa shape index (κ3) is 5.54. The van der Waals surface area contributed by atoms with E-state index < -0.39 is 5.91 Å². The summed E-state index contributed by atoms with van der Waals surface area (Å²) in [5.41, 5.74) is 3.19. The largest absolute Gasteiger partial charge is 0.396 e. The third-order valence-electron chi connectivity index (χ3n) is 4.13. The van der Waals surface area contributed by atoms with Gasteiger partial charge in [0.15, 0.2) is 0 Å². The maximum absolute atomic E-state index is 12.1. The van der Waals surface area contributed by atoms with Gasteiger partial charge in [-0.05, 0) is 49.8 Å². The number of nitriles is 1. The molecule has 132 valence electrons. The predicted octanol–water partition coefficient (Wildman–Crippen LogP) is 2.80. The number of nitrogens with zero attached hydrogens (tertiary/aromatic N) is 2. The fourth-order valence-electron chi connectivity index (χ4n) is 2.44. The lowest BCUT2D eigenvalue weighted by Gasteiger charge is -2.11. The zero-order valence-corrected chi connectivity index (χ0v) is 15.4. The molecule has 24 heavy (non-hydrogen) atoms. The Hall–Kier alpha value is -2.06. The summed E-state index contributed by atoms with van der Waals surface area (Å²) in [6.07, 6.45) is 2.73. The van der Waals surface area contributed by atoms with Crippen molar-refractivity contribution < 1.29 is 9.90 Å². The molecule has 1 rings (SSSR count). The van der Waals surface area contributed by atoms with E-state index in [9.17, 15) is 10.1 Å². The van der Waals surface area contributed by atoms with Crippen molar-refractivity contribution in [3.05, 3.63) is 28.6 Å². The topological polar surface area (TPSA) is 78.1 Å². The summed E-state index contributed by atoms with van der Waals surface area (Å²) in [5.74, 6) is 0.193. The van der Waals surface area contributed by atoms with Crippen LogP contribution in [0.4, 0.5) is 0 Å². The molecule has 1 aromatic heterocycles. The lowest BCUT2D eigenvalue weighted by atomic mass is 10.1. The van der Waals surface area contributed by atoms with Gasteiger partial charge in [0.05, 0.1) is 0 Å². The number of carbonyl (C=O) groups excluding carboxylic acids is 1. The van der Waals surface area contributed by atoms with Crippen molar-refractivity contribution in [1.82, 2.24) is 9.88 Å². The molecule has 5 heteroatoms. The molecule has 0 spiro atoms.